The second-order valence-corrected chi connectivity index (χ2v) is 7.44. The first-order valence-electron chi connectivity index (χ1n) is 9.22. The molecule has 0 aromatic rings. The number of aliphatic hydroxyl groups is 1. The van der Waals surface area contributed by atoms with E-state index in [1.54, 1.807) is 13.8 Å². The van der Waals surface area contributed by atoms with Crippen molar-refractivity contribution in [3.8, 4) is 0 Å². The fraction of sp³-hybridized carbons (Fsp3) is 0.706. The van der Waals surface area contributed by atoms with Gasteiger partial charge in [-0.3, -0.25) is 19.2 Å². The van der Waals surface area contributed by atoms with Gasteiger partial charge in [0.2, 0.25) is 17.7 Å². The average Bonchev–Trinajstić information content (AvgIpc) is 2.65. The zero-order valence-electron chi connectivity index (χ0n) is 17.0. The molecular formula is C17H30N4O8S. The molecule has 0 saturated carbocycles. The van der Waals surface area contributed by atoms with Crippen molar-refractivity contribution in [1.82, 2.24) is 16.0 Å². The summed E-state index contributed by atoms with van der Waals surface area (Å²) >= 11 is 3.98. The predicted molar refractivity (Wildman–Crippen MR) is 109 cm³/mol. The van der Waals surface area contributed by atoms with Crippen molar-refractivity contribution in [2.75, 3.05) is 5.75 Å². The van der Waals surface area contributed by atoms with Crippen LogP contribution in [-0.4, -0.2) is 81.0 Å². The molecule has 0 saturated heterocycles. The first-order chi connectivity index (χ1) is 13.8. The van der Waals surface area contributed by atoms with Crippen LogP contribution in [0.5, 0.6) is 0 Å². The number of carboxylic acids is 2. The number of nitrogens with two attached hydrogens (primary N) is 1. The molecule has 0 rings (SSSR count). The van der Waals surface area contributed by atoms with Crippen molar-refractivity contribution in [3.05, 3.63) is 0 Å². The van der Waals surface area contributed by atoms with E-state index in [1.807, 2.05) is 0 Å². The minimum atomic E-state index is -1.46. The highest BCUT2D eigenvalue weighted by Crippen LogP contribution is 2.05. The smallest absolute Gasteiger partial charge is 0.326 e. The molecule has 30 heavy (non-hydrogen) atoms. The summed E-state index contributed by atoms with van der Waals surface area (Å²) in [7, 11) is 0. The molecule has 12 nitrogen and oxygen atoms in total. The Morgan fingerprint density at radius 1 is 0.900 bits per heavy atom. The molecule has 0 aromatic carbocycles. The van der Waals surface area contributed by atoms with E-state index < -0.39 is 72.3 Å². The first kappa shape index (κ1) is 27.6. The number of aliphatic hydroxyl groups excluding tert-OH is 1. The van der Waals surface area contributed by atoms with Gasteiger partial charge >= 0.3 is 11.9 Å². The minimum Gasteiger partial charge on any atom is -0.481 e. The van der Waals surface area contributed by atoms with Crippen molar-refractivity contribution in [3.63, 3.8) is 0 Å². The molecule has 5 atom stereocenters. The van der Waals surface area contributed by atoms with E-state index in [4.69, 9.17) is 15.9 Å². The maximum Gasteiger partial charge on any atom is 0.326 e. The number of rotatable bonds is 13. The Labute approximate surface area is 179 Å². The molecule has 0 bridgehead atoms. The topological polar surface area (TPSA) is 208 Å². The van der Waals surface area contributed by atoms with Crippen LogP contribution in [0, 0.1) is 5.92 Å². The summed E-state index contributed by atoms with van der Waals surface area (Å²) in [4.78, 5) is 58.9. The maximum atomic E-state index is 12.6. The van der Waals surface area contributed by atoms with Crippen LogP contribution < -0.4 is 21.7 Å². The summed E-state index contributed by atoms with van der Waals surface area (Å²) < 4.78 is 0. The molecule has 0 radical (unpaired) electrons. The number of aliphatic carboxylic acids is 2. The lowest BCUT2D eigenvalue weighted by molar-refractivity contribution is -0.143. The highest BCUT2D eigenvalue weighted by molar-refractivity contribution is 7.80. The fourth-order valence-corrected chi connectivity index (χ4v) is 2.51. The van der Waals surface area contributed by atoms with Gasteiger partial charge in [-0.2, -0.15) is 12.6 Å². The second-order valence-electron chi connectivity index (χ2n) is 7.07. The van der Waals surface area contributed by atoms with E-state index in [0.29, 0.717) is 0 Å². The van der Waals surface area contributed by atoms with E-state index in [1.165, 1.54) is 6.92 Å². The molecule has 8 N–H and O–H groups in total. The lowest BCUT2D eigenvalue weighted by atomic mass is 10.0. The van der Waals surface area contributed by atoms with Gasteiger partial charge in [-0.15, -0.1) is 0 Å². The third-order valence-corrected chi connectivity index (χ3v) is 4.51. The number of nitrogens with one attached hydrogen (secondary N) is 3. The quantitative estimate of drug-likeness (QED) is 0.141. The molecule has 3 amide bonds. The highest BCUT2D eigenvalue weighted by atomic mass is 32.1. The third-order valence-electron chi connectivity index (χ3n) is 4.15. The molecule has 0 aliphatic rings. The van der Waals surface area contributed by atoms with Crippen molar-refractivity contribution in [1.29, 1.82) is 0 Å². The standard InChI is InChI=1S/C17H30N4O8S/c1-7(2)13(21-15(26)12(18)8(3)22)16(27)20-10(6-30)14(25)19-9(17(28)29)4-5-11(23)24/h7-10,12-13,22,30H,4-6,18H2,1-3H3,(H,19,25)(H,20,27)(H,21,26)(H,23,24)(H,28,29). The summed E-state index contributed by atoms with van der Waals surface area (Å²) in [5.74, 6) is -5.59. The number of amides is 3. The van der Waals surface area contributed by atoms with Crippen LogP contribution in [0.3, 0.4) is 0 Å². The maximum absolute atomic E-state index is 12.6. The zero-order valence-corrected chi connectivity index (χ0v) is 17.9. The molecule has 172 valence electrons. The monoisotopic (exact) mass is 450 g/mol. The largest absolute Gasteiger partial charge is 0.481 e. The van der Waals surface area contributed by atoms with Crippen LogP contribution in [0.2, 0.25) is 0 Å². The summed E-state index contributed by atoms with van der Waals surface area (Å²) in [5, 5.41) is 34.2. The van der Waals surface area contributed by atoms with Crippen LogP contribution in [0.25, 0.3) is 0 Å². The molecule has 13 heteroatoms. The normalized spacial score (nSPS) is 16.0. The number of carboxylic acid groups (broad SMARTS) is 2. The Kier molecular flexibility index (Phi) is 12.0. The lowest BCUT2D eigenvalue weighted by Gasteiger charge is -2.26. The molecule has 5 unspecified atom stereocenters. The average molecular weight is 451 g/mol. The van der Waals surface area contributed by atoms with Crippen LogP contribution in [0.1, 0.15) is 33.6 Å². The van der Waals surface area contributed by atoms with Crippen molar-refractivity contribution < 1.29 is 39.3 Å². The van der Waals surface area contributed by atoms with Crippen LogP contribution in [0.4, 0.5) is 0 Å². The number of thiol groups is 1. The second kappa shape index (κ2) is 13.0. The Balaban J connectivity index is 5.17. The van der Waals surface area contributed by atoms with Gasteiger partial charge in [-0.05, 0) is 19.3 Å². The van der Waals surface area contributed by atoms with Crippen molar-refractivity contribution >= 4 is 42.3 Å². The van der Waals surface area contributed by atoms with E-state index in [2.05, 4.69) is 28.6 Å². The van der Waals surface area contributed by atoms with E-state index in [9.17, 15) is 29.1 Å². The molecule has 0 aliphatic heterocycles. The number of carbonyl (C=O) groups is 5. The van der Waals surface area contributed by atoms with E-state index in [-0.39, 0.29) is 12.2 Å². The van der Waals surface area contributed by atoms with Gasteiger partial charge in [0.1, 0.15) is 24.2 Å². The number of hydrogen-bond donors (Lipinski definition) is 8. The highest BCUT2D eigenvalue weighted by Gasteiger charge is 2.31. The van der Waals surface area contributed by atoms with Crippen LogP contribution in [0.15, 0.2) is 0 Å². The van der Waals surface area contributed by atoms with Crippen molar-refractivity contribution in [2.24, 2.45) is 11.7 Å². The first-order valence-corrected chi connectivity index (χ1v) is 9.85. The van der Waals surface area contributed by atoms with Crippen molar-refractivity contribution in [2.45, 2.75) is 63.9 Å². The minimum absolute atomic E-state index is 0.186. The number of hydrogen-bond acceptors (Lipinski definition) is 8. The Bertz CT molecular complexity index is 643. The summed E-state index contributed by atoms with van der Waals surface area (Å²) in [6.45, 7) is 4.60. The lowest BCUT2D eigenvalue weighted by Crippen LogP contribution is -2.59. The van der Waals surface area contributed by atoms with Gasteiger partial charge in [-0.1, -0.05) is 13.8 Å². The Morgan fingerprint density at radius 3 is 1.83 bits per heavy atom. The summed E-state index contributed by atoms with van der Waals surface area (Å²) in [5.41, 5.74) is 5.55. The summed E-state index contributed by atoms with van der Waals surface area (Å²) in [6, 6.07) is -5.04. The third kappa shape index (κ3) is 9.41. The van der Waals surface area contributed by atoms with Gasteiger partial charge in [0.15, 0.2) is 0 Å². The van der Waals surface area contributed by atoms with E-state index >= 15 is 0 Å². The Hall–Kier alpha value is -2.38. The van der Waals surface area contributed by atoms with Crippen LogP contribution in [-0.2, 0) is 24.0 Å². The number of carbonyl (C=O) groups excluding carboxylic acids is 3. The zero-order chi connectivity index (χ0) is 23.6. The molecular weight excluding hydrogens is 420 g/mol. The van der Waals surface area contributed by atoms with Crippen LogP contribution >= 0.6 is 12.6 Å². The molecule has 0 spiro atoms. The fourth-order valence-electron chi connectivity index (χ4n) is 2.26. The van der Waals surface area contributed by atoms with Gasteiger partial charge in [0.05, 0.1) is 6.10 Å². The SMILES string of the molecule is CC(C)C(NC(=O)C(N)C(C)O)C(=O)NC(CS)C(=O)NC(CCC(=O)O)C(=O)O. The summed E-state index contributed by atoms with van der Waals surface area (Å²) in [6.07, 6.45) is -1.96. The van der Waals surface area contributed by atoms with Gasteiger partial charge in [0.25, 0.3) is 0 Å². The Morgan fingerprint density at radius 2 is 1.43 bits per heavy atom. The van der Waals surface area contributed by atoms with Gasteiger partial charge in [-0.25, -0.2) is 4.79 Å². The predicted octanol–water partition coefficient (Wildman–Crippen LogP) is -2.32. The van der Waals surface area contributed by atoms with Gasteiger partial charge in [0, 0.05) is 12.2 Å². The molecule has 0 fully saturated rings. The molecule has 0 aliphatic carbocycles. The molecule has 0 aromatic heterocycles. The molecule has 0 heterocycles. The van der Waals surface area contributed by atoms with E-state index in [0.717, 1.165) is 0 Å². The van der Waals surface area contributed by atoms with Gasteiger partial charge < -0.3 is 37.0 Å².